The highest BCUT2D eigenvalue weighted by atomic mass is 127. The average Bonchev–Trinajstić information content (AvgIpc) is 2.64. The van der Waals surface area contributed by atoms with Crippen LogP contribution in [0.1, 0.15) is 18.1 Å². The summed E-state index contributed by atoms with van der Waals surface area (Å²) in [5.74, 6) is 2.32. The third kappa shape index (κ3) is 8.23. The fraction of sp³-hybridized carbons (Fsp3) is 0.650. The summed E-state index contributed by atoms with van der Waals surface area (Å²) in [4.78, 5) is 9.29. The molecular weight excluding hydrogens is 453 g/mol. The SMILES string of the molecule is CN=C(NCc1ccc(C)cc1OC)NCC(C)CN1CCN(C)CC1.I. The van der Waals surface area contributed by atoms with Crippen LogP contribution in [0.3, 0.4) is 0 Å². The smallest absolute Gasteiger partial charge is 0.191 e. The topological polar surface area (TPSA) is 52.1 Å². The zero-order chi connectivity index (χ0) is 18.9. The number of aryl methyl sites for hydroxylation is 1. The second-order valence-corrected chi connectivity index (χ2v) is 7.33. The van der Waals surface area contributed by atoms with Crippen molar-refractivity contribution in [1.29, 1.82) is 0 Å². The second-order valence-electron chi connectivity index (χ2n) is 7.33. The first kappa shape index (κ1) is 24.0. The molecular formula is C20H36IN5O. The molecule has 1 fully saturated rings. The molecule has 1 aliphatic heterocycles. The van der Waals surface area contributed by atoms with Gasteiger partial charge < -0.3 is 25.2 Å². The van der Waals surface area contributed by atoms with Gasteiger partial charge >= 0.3 is 0 Å². The van der Waals surface area contributed by atoms with Gasteiger partial charge in [0.25, 0.3) is 0 Å². The largest absolute Gasteiger partial charge is 0.496 e. The van der Waals surface area contributed by atoms with Crippen molar-refractivity contribution in [2.45, 2.75) is 20.4 Å². The van der Waals surface area contributed by atoms with E-state index in [-0.39, 0.29) is 24.0 Å². The number of piperazine rings is 1. The minimum Gasteiger partial charge on any atom is -0.496 e. The standard InChI is InChI=1S/C20H35N5O.HI/c1-16-6-7-18(19(12-16)26-5)14-23-20(21-3)22-13-17(2)15-25-10-8-24(4)9-11-25;/h6-7,12,17H,8-11,13-15H2,1-5H3,(H2,21,22,23);1H. The van der Waals surface area contributed by atoms with E-state index in [1.54, 1.807) is 7.11 Å². The van der Waals surface area contributed by atoms with Gasteiger partial charge in [-0.2, -0.15) is 0 Å². The lowest BCUT2D eigenvalue weighted by Gasteiger charge is -2.34. The summed E-state index contributed by atoms with van der Waals surface area (Å²) in [7, 11) is 5.72. The van der Waals surface area contributed by atoms with E-state index in [2.05, 4.69) is 64.5 Å². The summed E-state index contributed by atoms with van der Waals surface area (Å²) in [6.45, 7) is 11.8. The predicted molar refractivity (Wildman–Crippen MR) is 124 cm³/mol. The number of rotatable bonds is 7. The molecule has 6 nitrogen and oxygen atoms in total. The molecule has 1 aromatic carbocycles. The Hall–Kier alpha value is -1.06. The molecule has 0 bridgehead atoms. The van der Waals surface area contributed by atoms with Crippen molar-refractivity contribution in [2.75, 3.05) is 60.5 Å². The molecule has 0 saturated carbocycles. The Morgan fingerprint density at radius 3 is 2.56 bits per heavy atom. The number of benzene rings is 1. The molecule has 1 unspecified atom stereocenters. The van der Waals surface area contributed by atoms with Crippen molar-refractivity contribution < 1.29 is 4.74 Å². The summed E-state index contributed by atoms with van der Waals surface area (Å²) in [6.07, 6.45) is 0. The van der Waals surface area contributed by atoms with Gasteiger partial charge in [-0.15, -0.1) is 24.0 Å². The van der Waals surface area contributed by atoms with Crippen LogP contribution in [-0.4, -0.2) is 76.2 Å². The number of guanidine groups is 1. The number of likely N-dealkylation sites (N-methyl/N-ethyl adjacent to an activating group) is 1. The highest BCUT2D eigenvalue weighted by Crippen LogP contribution is 2.19. The Morgan fingerprint density at radius 1 is 1.22 bits per heavy atom. The van der Waals surface area contributed by atoms with Gasteiger partial charge in [0, 0.05) is 58.4 Å². The lowest BCUT2D eigenvalue weighted by molar-refractivity contribution is 0.139. The van der Waals surface area contributed by atoms with Gasteiger partial charge in [0.15, 0.2) is 5.96 Å². The van der Waals surface area contributed by atoms with E-state index in [4.69, 9.17) is 4.74 Å². The van der Waals surface area contributed by atoms with Gasteiger partial charge in [-0.1, -0.05) is 19.1 Å². The van der Waals surface area contributed by atoms with E-state index in [1.807, 2.05) is 7.05 Å². The molecule has 2 N–H and O–H groups in total. The number of aliphatic imine (C=N–C) groups is 1. The molecule has 0 amide bonds. The normalized spacial score (nSPS) is 17.1. The third-order valence-corrected chi connectivity index (χ3v) is 4.90. The Balaban J connectivity index is 0.00000364. The van der Waals surface area contributed by atoms with Crippen molar-refractivity contribution in [1.82, 2.24) is 20.4 Å². The first-order valence-corrected chi connectivity index (χ1v) is 9.50. The lowest BCUT2D eigenvalue weighted by Crippen LogP contribution is -2.47. The van der Waals surface area contributed by atoms with Crippen LogP contribution in [0.15, 0.2) is 23.2 Å². The van der Waals surface area contributed by atoms with Crippen LogP contribution in [0.2, 0.25) is 0 Å². The number of nitrogens with zero attached hydrogens (tertiary/aromatic N) is 3. The Morgan fingerprint density at radius 2 is 1.93 bits per heavy atom. The maximum atomic E-state index is 5.47. The summed E-state index contributed by atoms with van der Waals surface area (Å²) in [5, 5.41) is 6.83. The molecule has 154 valence electrons. The second kappa shape index (κ2) is 12.4. The van der Waals surface area contributed by atoms with Gasteiger partial charge in [-0.25, -0.2) is 0 Å². The van der Waals surface area contributed by atoms with Crippen LogP contribution in [-0.2, 0) is 6.54 Å². The molecule has 1 aromatic rings. The fourth-order valence-electron chi connectivity index (χ4n) is 3.20. The number of methoxy groups -OCH3 is 1. The van der Waals surface area contributed by atoms with E-state index >= 15 is 0 Å². The van der Waals surface area contributed by atoms with Crippen molar-refractivity contribution in [2.24, 2.45) is 10.9 Å². The highest BCUT2D eigenvalue weighted by Gasteiger charge is 2.16. The van der Waals surface area contributed by atoms with Crippen LogP contribution >= 0.6 is 24.0 Å². The molecule has 1 aliphatic rings. The fourth-order valence-corrected chi connectivity index (χ4v) is 3.20. The highest BCUT2D eigenvalue weighted by molar-refractivity contribution is 14.0. The van der Waals surface area contributed by atoms with Gasteiger partial charge in [-0.05, 0) is 31.5 Å². The Labute approximate surface area is 181 Å². The van der Waals surface area contributed by atoms with E-state index in [0.717, 1.165) is 30.4 Å². The van der Waals surface area contributed by atoms with Gasteiger partial charge in [0.2, 0.25) is 0 Å². The number of halogens is 1. The average molecular weight is 489 g/mol. The number of hydrogen-bond acceptors (Lipinski definition) is 4. The minimum absolute atomic E-state index is 0. The monoisotopic (exact) mass is 489 g/mol. The van der Waals surface area contributed by atoms with Crippen LogP contribution in [0, 0.1) is 12.8 Å². The van der Waals surface area contributed by atoms with Gasteiger partial charge in [0.1, 0.15) is 5.75 Å². The van der Waals surface area contributed by atoms with Crippen molar-refractivity contribution in [3.05, 3.63) is 29.3 Å². The molecule has 0 radical (unpaired) electrons. The molecule has 1 atom stereocenters. The molecule has 0 spiro atoms. The van der Waals surface area contributed by atoms with E-state index in [1.165, 1.54) is 31.7 Å². The number of nitrogens with one attached hydrogen (secondary N) is 2. The van der Waals surface area contributed by atoms with Crippen molar-refractivity contribution >= 4 is 29.9 Å². The Kier molecular flexibility index (Phi) is 11.0. The first-order chi connectivity index (χ1) is 12.5. The molecule has 0 aromatic heterocycles. The van der Waals surface area contributed by atoms with Crippen molar-refractivity contribution in [3.8, 4) is 5.75 Å². The molecule has 2 rings (SSSR count). The third-order valence-electron chi connectivity index (χ3n) is 4.90. The van der Waals surface area contributed by atoms with Crippen LogP contribution in [0.5, 0.6) is 5.75 Å². The van der Waals surface area contributed by atoms with Crippen LogP contribution in [0.25, 0.3) is 0 Å². The van der Waals surface area contributed by atoms with Gasteiger partial charge in [0.05, 0.1) is 7.11 Å². The zero-order valence-electron chi connectivity index (χ0n) is 17.4. The number of ether oxygens (including phenoxy) is 1. The zero-order valence-corrected chi connectivity index (χ0v) is 19.7. The maximum Gasteiger partial charge on any atom is 0.191 e. The summed E-state index contributed by atoms with van der Waals surface area (Å²) in [6, 6.07) is 6.27. The minimum atomic E-state index is 0. The van der Waals surface area contributed by atoms with E-state index in [9.17, 15) is 0 Å². The molecule has 1 heterocycles. The molecule has 7 heteroatoms. The number of hydrogen-bond donors (Lipinski definition) is 2. The van der Waals surface area contributed by atoms with Crippen LogP contribution < -0.4 is 15.4 Å². The van der Waals surface area contributed by atoms with Gasteiger partial charge in [-0.3, -0.25) is 4.99 Å². The molecule has 27 heavy (non-hydrogen) atoms. The maximum absolute atomic E-state index is 5.47. The summed E-state index contributed by atoms with van der Waals surface area (Å²) >= 11 is 0. The first-order valence-electron chi connectivity index (χ1n) is 9.50. The van der Waals surface area contributed by atoms with Crippen LogP contribution in [0.4, 0.5) is 0 Å². The van der Waals surface area contributed by atoms with Crippen molar-refractivity contribution in [3.63, 3.8) is 0 Å². The lowest BCUT2D eigenvalue weighted by atomic mass is 10.1. The molecule has 1 saturated heterocycles. The summed E-state index contributed by atoms with van der Waals surface area (Å²) in [5.41, 5.74) is 2.33. The quantitative estimate of drug-likeness (QED) is 0.350. The predicted octanol–water partition coefficient (Wildman–Crippen LogP) is 2.17. The van der Waals surface area contributed by atoms with E-state index in [0.29, 0.717) is 12.5 Å². The molecule has 0 aliphatic carbocycles. The summed E-state index contributed by atoms with van der Waals surface area (Å²) < 4.78 is 5.47. The Bertz CT molecular complexity index is 588. The van der Waals surface area contributed by atoms with E-state index < -0.39 is 0 Å².